The zero-order chi connectivity index (χ0) is 21.7. The van der Waals surface area contributed by atoms with Crippen molar-refractivity contribution in [3.05, 3.63) is 48.4 Å². The van der Waals surface area contributed by atoms with Gasteiger partial charge in [-0.3, -0.25) is 4.79 Å². The van der Waals surface area contributed by atoms with E-state index >= 15 is 0 Å². The first kappa shape index (κ1) is 19.7. The van der Waals surface area contributed by atoms with E-state index in [0.29, 0.717) is 29.1 Å². The number of thiazole rings is 1. The van der Waals surface area contributed by atoms with Gasteiger partial charge < -0.3 is 19.0 Å². The number of hydrogen-bond acceptors (Lipinski definition) is 7. The van der Waals surface area contributed by atoms with Crippen LogP contribution in [-0.2, 0) is 11.3 Å². The first-order valence-corrected chi connectivity index (χ1v) is 11.8. The van der Waals surface area contributed by atoms with Crippen molar-refractivity contribution < 1.29 is 13.9 Å². The fourth-order valence-electron chi connectivity index (χ4n) is 5.08. The largest absolute Gasteiger partial charge is 0.464 e. The molecule has 1 aromatic carbocycles. The average Bonchev–Trinajstić information content (AvgIpc) is 3.41. The Morgan fingerprint density at radius 1 is 1.31 bits per heavy atom. The maximum atomic E-state index is 12.6. The van der Waals surface area contributed by atoms with E-state index in [1.165, 1.54) is 24.2 Å². The normalized spacial score (nSPS) is 22.5. The van der Waals surface area contributed by atoms with Crippen LogP contribution in [0.1, 0.15) is 25.3 Å². The lowest BCUT2D eigenvalue weighted by molar-refractivity contribution is -0.136. The third-order valence-electron chi connectivity index (χ3n) is 6.74. The van der Waals surface area contributed by atoms with Gasteiger partial charge in [0, 0.05) is 49.3 Å². The molecule has 7 nitrogen and oxygen atoms in total. The Kier molecular flexibility index (Phi) is 4.84. The summed E-state index contributed by atoms with van der Waals surface area (Å²) in [5.74, 6) is 1.39. The summed E-state index contributed by atoms with van der Waals surface area (Å²) < 4.78 is 12.8. The minimum atomic E-state index is 0.127. The topological polar surface area (TPSA) is 71.7 Å². The van der Waals surface area contributed by atoms with Crippen LogP contribution in [0.5, 0.6) is 10.9 Å². The summed E-state index contributed by atoms with van der Waals surface area (Å²) in [4.78, 5) is 25.8. The van der Waals surface area contributed by atoms with Crippen molar-refractivity contribution in [2.24, 2.45) is 5.92 Å². The Hall–Kier alpha value is -2.97. The molecular formula is C24H24N4O3S. The molecule has 3 aliphatic rings. The molecule has 32 heavy (non-hydrogen) atoms. The average molecular weight is 449 g/mol. The number of rotatable bonds is 5. The van der Waals surface area contributed by atoms with Crippen molar-refractivity contribution in [3.63, 3.8) is 0 Å². The summed E-state index contributed by atoms with van der Waals surface area (Å²) in [5, 5.41) is 1.56. The molecular weight excluding hydrogens is 424 g/mol. The second-order valence-electron chi connectivity index (χ2n) is 8.68. The van der Waals surface area contributed by atoms with Gasteiger partial charge in [-0.2, -0.15) is 4.98 Å². The number of aromatic nitrogens is 2. The van der Waals surface area contributed by atoms with E-state index < -0.39 is 0 Å². The fourth-order valence-corrected chi connectivity index (χ4v) is 5.87. The van der Waals surface area contributed by atoms with E-state index in [0.717, 1.165) is 40.9 Å². The number of carbonyl (C=O) groups is 1. The maximum absolute atomic E-state index is 12.6. The highest BCUT2D eigenvalue weighted by Crippen LogP contribution is 2.35. The molecule has 0 saturated carbocycles. The van der Waals surface area contributed by atoms with Crippen molar-refractivity contribution in [1.29, 1.82) is 0 Å². The molecule has 3 saturated heterocycles. The molecule has 0 aliphatic carbocycles. The number of nitrogens with zero attached hydrogens (tertiary/aromatic N) is 4. The number of hydrogen-bond donors (Lipinski definition) is 0. The van der Waals surface area contributed by atoms with Crippen LogP contribution in [0.15, 0.2) is 47.2 Å². The summed E-state index contributed by atoms with van der Waals surface area (Å²) in [6.07, 6.45) is 5.86. The van der Waals surface area contributed by atoms with Gasteiger partial charge in [0.05, 0.1) is 11.0 Å². The highest BCUT2D eigenvalue weighted by atomic mass is 32.1. The number of benzene rings is 1. The van der Waals surface area contributed by atoms with Crippen LogP contribution in [0.3, 0.4) is 0 Å². The van der Waals surface area contributed by atoms with Gasteiger partial charge in [0.1, 0.15) is 11.3 Å². The van der Waals surface area contributed by atoms with Gasteiger partial charge in [-0.1, -0.05) is 11.3 Å². The zero-order valence-electron chi connectivity index (χ0n) is 17.9. The highest BCUT2D eigenvalue weighted by Gasteiger charge is 2.38. The summed E-state index contributed by atoms with van der Waals surface area (Å²) in [6, 6.07) is 9.96. The van der Waals surface area contributed by atoms with Crippen molar-refractivity contribution in [3.8, 4) is 10.9 Å². The van der Waals surface area contributed by atoms with Gasteiger partial charge in [0.15, 0.2) is 5.65 Å². The number of pyridine rings is 1. The second kappa shape index (κ2) is 7.86. The van der Waals surface area contributed by atoms with E-state index in [1.807, 2.05) is 35.2 Å². The molecule has 0 unspecified atom stereocenters. The van der Waals surface area contributed by atoms with Crippen LogP contribution in [0.25, 0.3) is 21.3 Å². The van der Waals surface area contributed by atoms with Crippen molar-refractivity contribution >= 4 is 38.6 Å². The Bertz CT molecular complexity index is 1260. The Morgan fingerprint density at radius 3 is 2.94 bits per heavy atom. The molecule has 4 aromatic rings. The fraction of sp³-hybridized carbons (Fsp3) is 0.375. The Labute approximate surface area is 189 Å². The first-order valence-electron chi connectivity index (χ1n) is 11.0. The smallest absolute Gasteiger partial charge is 0.281 e. The van der Waals surface area contributed by atoms with Crippen molar-refractivity contribution in [1.82, 2.24) is 19.8 Å². The number of ether oxygens (including phenoxy) is 1. The molecule has 6 heterocycles. The number of piperidine rings is 3. The third kappa shape index (κ3) is 3.53. The first-order chi connectivity index (χ1) is 15.6. The van der Waals surface area contributed by atoms with Gasteiger partial charge in [-0.05, 0) is 56.1 Å². The lowest BCUT2D eigenvalue weighted by atomic mass is 9.83. The van der Waals surface area contributed by atoms with Crippen LogP contribution in [0.4, 0.5) is 0 Å². The molecule has 8 heteroatoms. The molecule has 3 fully saturated rings. The zero-order valence-corrected chi connectivity index (χ0v) is 18.7. The Balaban J connectivity index is 1.24. The van der Waals surface area contributed by atoms with Crippen LogP contribution in [0, 0.1) is 5.92 Å². The number of amides is 1. The summed E-state index contributed by atoms with van der Waals surface area (Å²) >= 11 is 1.46. The molecule has 7 rings (SSSR count). The van der Waals surface area contributed by atoms with Crippen LogP contribution >= 0.6 is 11.3 Å². The summed E-state index contributed by atoms with van der Waals surface area (Å²) in [6.45, 7) is 5.55. The minimum Gasteiger partial charge on any atom is -0.464 e. The molecule has 1 amide bonds. The molecule has 0 N–H and O–H groups in total. The summed E-state index contributed by atoms with van der Waals surface area (Å²) in [5.41, 5.74) is 2.46. The van der Waals surface area contributed by atoms with Gasteiger partial charge in [-0.15, -0.1) is 0 Å². The van der Waals surface area contributed by atoms with Gasteiger partial charge in [0.25, 0.3) is 5.19 Å². The quantitative estimate of drug-likeness (QED) is 0.442. The molecule has 3 aliphatic heterocycles. The highest BCUT2D eigenvalue weighted by molar-refractivity contribution is 7.20. The maximum Gasteiger partial charge on any atom is 0.281 e. The molecule has 0 radical (unpaired) electrons. The van der Waals surface area contributed by atoms with E-state index in [9.17, 15) is 4.79 Å². The number of carbonyl (C=O) groups excluding carboxylic acids is 1. The van der Waals surface area contributed by atoms with Crippen LogP contribution in [0.2, 0.25) is 0 Å². The lowest BCUT2D eigenvalue weighted by Crippen LogP contribution is -2.58. The van der Waals surface area contributed by atoms with Crippen LogP contribution < -0.4 is 4.74 Å². The molecule has 3 aromatic heterocycles. The van der Waals surface area contributed by atoms with E-state index in [2.05, 4.69) is 14.9 Å². The standard InChI is InChI=1S/C24H24N4O3S/c1-15(29)28(20-13-27-9-6-16(20)7-10-27)12-17-14-30-21-11-18(4-5-19(17)21)31-24-26-23-22(32-24)3-2-8-25-23/h2-5,8,11,14,16,20H,6-7,9-10,12-13H2,1H3/t20-/m0/s1. The number of fused-ring (bicyclic) bond motifs is 5. The molecule has 0 spiro atoms. The van der Waals surface area contributed by atoms with E-state index in [-0.39, 0.29) is 11.9 Å². The SMILES string of the molecule is CC(=O)N(Cc1coc2cc(Oc3nc4ncccc4s3)ccc12)[C@H]1CN2CCC1CC2. The predicted octanol–water partition coefficient (Wildman–Crippen LogP) is 4.67. The molecule has 164 valence electrons. The predicted molar refractivity (Wildman–Crippen MR) is 123 cm³/mol. The van der Waals surface area contributed by atoms with Crippen molar-refractivity contribution in [2.75, 3.05) is 19.6 Å². The van der Waals surface area contributed by atoms with Crippen LogP contribution in [-0.4, -0.2) is 51.4 Å². The van der Waals surface area contributed by atoms with Gasteiger partial charge in [0.2, 0.25) is 5.91 Å². The van der Waals surface area contributed by atoms with Gasteiger partial charge in [-0.25, -0.2) is 4.98 Å². The monoisotopic (exact) mass is 448 g/mol. The third-order valence-corrected chi connectivity index (χ3v) is 7.63. The van der Waals surface area contributed by atoms with E-state index in [1.54, 1.807) is 19.4 Å². The Morgan fingerprint density at radius 2 is 2.19 bits per heavy atom. The minimum absolute atomic E-state index is 0.127. The second-order valence-corrected chi connectivity index (χ2v) is 9.67. The number of furan rings is 1. The molecule has 1 atom stereocenters. The van der Waals surface area contributed by atoms with Gasteiger partial charge >= 0.3 is 0 Å². The van der Waals surface area contributed by atoms with Crippen molar-refractivity contribution in [2.45, 2.75) is 32.4 Å². The summed E-state index contributed by atoms with van der Waals surface area (Å²) in [7, 11) is 0. The van der Waals surface area contributed by atoms with E-state index in [4.69, 9.17) is 9.15 Å². The lowest BCUT2D eigenvalue weighted by Gasteiger charge is -2.48. The molecule has 2 bridgehead atoms.